The Hall–Kier alpha value is -1.00. The molecule has 0 saturated heterocycles. The van der Waals surface area contributed by atoms with Gasteiger partial charge >= 0.3 is 5.97 Å². The van der Waals surface area contributed by atoms with Gasteiger partial charge in [-0.3, -0.25) is 0 Å². The summed E-state index contributed by atoms with van der Waals surface area (Å²) in [4.78, 5) is 11.5. The van der Waals surface area contributed by atoms with Gasteiger partial charge in [-0.05, 0) is 24.0 Å². The van der Waals surface area contributed by atoms with Gasteiger partial charge < -0.3 is 9.47 Å². The van der Waals surface area contributed by atoms with Gasteiger partial charge in [0.1, 0.15) is 6.61 Å². The summed E-state index contributed by atoms with van der Waals surface area (Å²) in [5.41, 5.74) is 1.63. The highest BCUT2D eigenvalue weighted by Crippen LogP contribution is 2.07. The summed E-state index contributed by atoms with van der Waals surface area (Å²) in [7, 11) is 1.64. The lowest BCUT2D eigenvalue weighted by molar-refractivity contribution is 0.0530. The monoisotopic (exact) mass is 240 g/mol. The van der Waals surface area contributed by atoms with Gasteiger partial charge in [-0.15, -0.1) is 0 Å². The first-order chi connectivity index (χ1) is 7.77. The van der Waals surface area contributed by atoms with E-state index < -0.39 is 0 Å². The van der Waals surface area contributed by atoms with Crippen molar-refractivity contribution in [1.82, 2.24) is 0 Å². The third-order valence-corrected chi connectivity index (χ3v) is 2.60. The van der Waals surface area contributed by atoms with Crippen molar-refractivity contribution in [3.63, 3.8) is 0 Å². The fourth-order valence-corrected chi connectivity index (χ4v) is 1.45. The molecule has 0 radical (unpaired) electrons. The Morgan fingerprint density at radius 1 is 1.31 bits per heavy atom. The Morgan fingerprint density at radius 3 is 2.56 bits per heavy atom. The van der Waals surface area contributed by atoms with Crippen molar-refractivity contribution in [2.75, 3.05) is 25.7 Å². The normalized spacial score (nSPS) is 10.1. The number of carbonyl (C=O) groups excluding carboxylic acids is 1. The number of benzene rings is 1. The number of carbonyl (C=O) groups is 1. The average Bonchev–Trinajstić information content (AvgIpc) is 2.30. The van der Waals surface area contributed by atoms with E-state index in [9.17, 15) is 4.79 Å². The SMILES string of the molecule is COCc1ccc(C(=O)OCCSC)cc1. The molecule has 0 aromatic heterocycles. The maximum atomic E-state index is 11.5. The van der Waals surface area contributed by atoms with Crippen LogP contribution >= 0.6 is 11.8 Å². The van der Waals surface area contributed by atoms with Crippen LogP contribution in [0.1, 0.15) is 15.9 Å². The zero-order valence-electron chi connectivity index (χ0n) is 9.56. The Labute approximate surface area is 100 Å². The van der Waals surface area contributed by atoms with Crippen molar-refractivity contribution in [2.24, 2.45) is 0 Å². The molecule has 0 saturated carbocycles. The molecule has 88 valence electrons. The molecule has 0 unspecified atom stereocenters. The van der Waals surface area contributed by atoms with Crippen molar-refractivity contribution in [2.45, 2.75) is 6.61 Å². The van der Waals surface area contributed by atoms with Crippen LogP contribution in [0.4, 0.5) is 0 Å². The second kappa shape index (κ2) is 7.30. The Morgan fingerprint density at radius 2 is 2.00 bits per heavy atom. The summed E-state index contributed by atoms with van der Waals surface area (Å²) in [5, 5.41) is 0. The lowest BCUT2D eigenvalue weighted by atomic mass is 10.1. The summed E-state index contributed by atoms with van der Waals surface area (Å²) in [5.74, 6) is 0.561. The molecule has 0 aliphatic heterocycles. The molecule has 0 spiro atoms. The standard InChI is InChI=1S/C12H16O3S/c1-14-9-10-3-5-11(6-4-10)12(13)15-7-8-16-2/h3-6H,7-9H2,1-2H3. The lowest BCUT2D eigenvalue weighted by Crippen LogP contribution is -2.07. The summed E-state index contributed by atoms with van der Waals surface area (Å²) < 4.78 is 10.1. The quantitative estimate of drug-likeness (QED) is 0.565. The van der Waals surface area contributed by atoms with Gasteiger partial charge in [-0.1, -0.05) is 12.1 Å². The van der Waals surface area contributed by atoms with E-state index in [1.165, 1.54) is 0 Å². The number of rotatable bonds is 6. The van der Waals surface area contributed by atoms with Gasteiger partial charge in [0.2, 0.25) is 0 Å². The molecule has 0 amide bonds. The highest BCUT2D eigenvalue weighted by molar-refractivity contribution is 7.98. The molecule has 0 atom stereocenters. The van der Waals surface area contributed by atoms with Crippen LogP contribution < -0.4 is 0 Å². The smallest absolute Gasteiger partial charge is 0.338 e. The maximum absolute atomic E-state index is 11.5. The number of hydrogen-bond acceptors (Lipinski definition) is 4. The molecule has 0 bridgehead atoms. The zero-order valence-corrected chi connectivity index (χ0v) is 10.4. The highest BCUT2D eigenvalue weighted by atomic mass is 32.2. The summed E-state index contributed by atoms with van der Waals surface area (Å²) in [6.07, 6.45) is 1.98. The molecular formula is C12H16O3S. The van der Waals surface area contributed by atoms with Gasteiger partial charge in [-0.2, -0.15) is 11.8 Å². The largest absolute Gasteiger partial charge is 0.461 e. The van der Waals surface area contributed by atoms with Crippen LogP contribution in [0, 0.1) is 0 Å². The van der Waals surface area contributed by atoms with Gasteiger partial charge in [0.25, 0.3) is 0 Å². The van der Waals surface area contributed by atoms with Crippen LogP contribution in [0.5, 0.6) is 0 Å². The molecular weight excluding hydrogens is 224 g/mol. The van der Waals surface area contributed by atoms with E-state index in [-0.39, 0.29) is 5.97 Å². The third kappa shape index (κ3) is 4.24. The summed E-state index contributed by atoms with van der Waals surface area (Å²) in [6.45, 7) is 1.02. The molecule has 0 aliphatic rings. The van der Waals surface area contributed by atoms with Crippen molar-refractivity contribution in [3.05, 3.63) is 35.4 Å². The summed E-state index contributed by atoms with van der Waals surface area (Å²) in [6, 6.07) is 7.26. The topological polar surface area (TPSA) is 35.5 Å². The number of esters is 1. The Kier molecular flexibility index (Phi) is 5.96. The minimum absolute atomic E-state index is 0.266. The average molecular weight is 240 g/mol. The fraction of sp³-hybridized carbons (Fsp3) is 0.417. The first kappa shape index (κ1) is 13.1. The third-order valence-electron chi connectivity index (χ3n) is 2.02. The molecule has 0 N–H and O–H groups in total. The molecule has 3 nitrogen and oxygen atoms in total. The Balaban J connectivity index is 2.49. The first-order valence-corrected chi connectivity index (χ1v) is 6.41. The number of hydrogen-bond donors (Lipinski definition) is 0. The van der Waals surface area contributed by atoms with Gasteiger partial charge in [0, 0.05) is 12.9 Å². The lowest BCUT2D eigenvalue weighted by Gasteiger charge is -2.04. The van der Waals surface area contributed by atoms with E-state index in [2.05, 4.69) is 0 Å². The van der Waals surface area contributed by atoms with E-state index in [0.29, 0.717) is 18.8 Å². The molecule has 16 heavy (non-hydrogen) atoms. The van der Waals surface area contributed by atoms with Crippen molar-refractivity contribution >= 4 is 17.7 Å². The fourth-order valence-electron chi connectivity index (χ4n) is 1.20. The van der Waals surface area contributed by atoms with Crippen LogP contribution in [0.3, 0.4) is 0 Å². The second-order valence-corrected chi connectivity index (χ2v) is 4.24. The predicted molar refractivity (Wildman–Crippen MR) is 65.8 cm³/mol. The van der Waals surface area contributed by atoms with E-state index >= 15 is 0 Å². The van der Waals surface area contributed by atoms with Gasteiger partial charge in [0.15, 0.2) is 0 Å². The van der Waals surface area contributed by atoms with E-state index in [4.69, 9.17) is 9.47 Å². The van der Waals surface area contributed by atoms with Crippen LogP contribution in [0.2, 0.25) is 0 Å². The molecule has 1 rings (SSSR count). The summed E-state index contributed by atoms with van der Waals surface area (Å²) >= 11 is 1.65. The van der Waals surface area contributed by atoms with E-state index in [1.54, 1.807) is 31.0 Å². The minimum Gasteiger partial charge on any atom is -0.461 e. The maximum Gasteiger partial charge on any atom is 0.338 e. The van der Waals surface area contributed by atoms with Crippen molar-refractivity contribution in [1.29, 1.82) is 0 Å². The van der Waals surface area contributed by atoms with Gasteiger partial charge in [0.05, 0.1) is 12.2 Å². The molecule has 1 aromatic carbocycles. The second-order valence-electron chi connectivity index (χ2n) is 3.26. The molecule has 0 heterocycles. The van der Waals surface area contributed by atoms with E-state index in [1.807, 2.05) is 18.4 Å². The van der Waals surface area contributed by atoms with Crippen LogP contribution in [-0.4, -0.2) is 31.7 Å². The number of thioether (sulfide) groups is 1. The number of ether oxygens (including phenoxy) is 2. The van der Waals surface area contributed by atoms with Crippen molar-refractivity contribution in [3.8, 4) is 0 Å². The van der Waals surface area contributed by atoms with Crippen LogP contribution in [0.25, 0.3) is 0 Å². The van der Waals surface area contributed by atoms with Crippen molar-refractivity contribution < 1.29 is 14.3 Å². The van der Waals surface area contributed by atoms with Crippen LogP contribution in [-0.2, 0) is 16.1 Å². The number of methoxy groups -OCH3 is 1. The first-order valence-electron chi connectivity index (χ1n) is 5.02. The molecule has 4 heteroatoms. The van der Waals surface area contributed by atoms with Crippen LogP contribution in [0.15, 0.2) is 24.3 Å². The minimum atomic E-state index is -0.266. The highest BCUT2D eigenvalue weighted by Gasteiger charge is 2.06. The molecule has 0 fully saturated rings. The zero-order chi connectivity index (χ0) is 11.8. The molecule has 1 aromatic rings. The predicted octanol–water partition coefficient (Wildman–Crippen LogP) is 2.35. The molecule has 0 aliphatic carbocycles. The van der Waals surface area contributed by atoms with E-state index in [0.717, 1.165) is 11.3 Å². The van der Waals surface area contributed by atoms with Gasteiger partial charge in [-0.25, -0.2) is 4.79 Å². The Bertz CT molecular complexity index is 322.